The first-order valence-corrected chi connectivity index (χ1v) is 15.0. The van der Waals surface area contributed by atoms with E-state index in [2.05, 4.69) is 0 Å². The summed E-state index contributed by atoms with van der Waals surface area (Å²) in [6.45, 7) is 8.73. The normalized spacial score (nSPS) is 16.4. The molecule has 2 aliphatic rings. The molecule has 0 saturated heterocycles. The highest BCUT2D eigenvalue weighted by Crippen LogP contribution is 2.44. The lowest BCUT2D eigenvalue weighted by Crippen LogP contribution is -2.31. The summed E-state index contributed by atoms with van der Waals surface area (Å²) < 4.78 is 23.4. The summed E-state index contributed by atoms with van der Waals surface area (Å²) in [7, 11) is 3.12. The minimum absolute atomic E-state index is 0.0559. The number of nitrogens with zero attached hydrogens (tertiary/aromatic N) is 2. The molecule has 1 unspecified atom stereocenters. The van der Waals surface area contributed by atoms with Gasteiger partial charge in [0, 0.05) is 44.5 Å². The quantitative estimate of drug-likeness (QED) is 0.290. The number of aliphatic carboxylic acids is 2. The molecule has 12 heteroatoms. The van der Waals surface area contributed by atoms with Crippen molar-refractivity contribution in [1.82, 2.24) is 9.80 Å². The maximum Gasteiger partial charge on any atom is 0.306 e. The molecule has 2 amide bonds. The van der Waals surface area contributed by atoms with Gasteiger partial charge in [0.05, 0.1) is 45.3 Å². The molecule has 2 aromatic rings. The molecule has 2 N–H and O–H groups in total. The average Bonchev–Trinajstić information content (AvgIpc) is 3.57. The predicted molar refractivity (Wildman–Crippen MR) is 162 cm³/mol. The number of carboxylic acid groups (broad SMARTS) is 2. The summed E-state index contributed by atoms with van der Waals surface area (Å²) >= 11 is 0. The molecule has 0 aliphatic carbocycles. The van der Waals surface area contributed by atoms with Gasteiger partial charge in [-0.1, -0.05) is 13.8 Å². The Balaban J connectivity index is 1.36. The maximum atomic E-state index is 12.9. The number of ether oxygens (including phenoxy) is 4. The van der Waals surface area contributed by atoms with Gasteiger partial charge in [0.2, 0.25) is 11.8 Å². The fraction of sp³-hybridized carbons (Fsp3) is 0.515. The fourth-order valence-corrected chi connectivity index (χ4v) is 5.89. The van der Waals surface area contributed by atoms with E-state index in [1.54, 1.807) is 24.0 Å². The number of amides is 2. The van der Waals surface area contributed by atoms with Crippen molar-refractivity contribution in [3.05, 3.63) is 46.0 Å². The van der Waals surface area contributed by atoms with Crippen LogP contribution < -0.4 is 18.9 Å². The second kappa shape index (κ2) is 14.1. The Morgan fingerprint density at radius 1 is 0.800 bits per heavy atom. The third kappa shape index (κ3) is 7.26. The molecule has 0 saturated carbocycles. The van der Waals surface area contributed by atoms with Crippen LogP contribution in [0.2, 0.25) is 0 Å². The first-order valence-electron chi connectivity index (χ1n) is 15.0. The van der Waals surface area contributed by atoms with Crippen LogP contribution in [0.5, 0.6) is 23.0 Å². The molecule has 2 heterocycles. The second-order valence-electron chi connectivity index (χ2n) is 11.8. The molecule has 4 rings (SSSR count). The molecular weight excluding hydrogens is 584 g/mol. The molecule has 2 aromatic carbocycles. The van der Waals surface area contributed by atoms with Crippen molar-refractivity contribution in [2.75, 3.05) is 27.4 Å². The van der Waals surface area contributed by atoms with Crippen LogP contribution in [0.4, 0.5) is 0 Å². The molecule has 0 radical (unpaired) electrons. The van der Waals surface area contributed by atoms with E-state index in [4.69, 9.17) is 24.1 Å². The highest BCUT2D eigenvalue weighted by atomic mass is 16.5. The molecule has 0 fully saturated rings. The van der Waals surface area contributed by atoms with Gasteiger partial charge in [0.25, 0.3) is 0 Å². The minimum atomic E-state index is -0.998. The second-order valence-corrected chi connectivity index (χ2v) is 11.8. The van der Waals surface area contributed by atoms with Crippen LogP contribution in [0.1, 0.15) is 73.9 Å². The Labute approximate surface area is 262 Å². The van der Waals surface area contributed by atoms with Gasteiger partial charge < -0.3 is 39.0 Å². The van der Waals surface area contributed by atoms with Gasteiger partial charge in [0.1, 0.15) is 0 Å². The number of fused-ring (bicyclic) bond motifs is 2. The molecule has 0 spiro atoms. The number of methoxy groups -OCH3 is 2. The predicted octanol–water partition coefficient (Wildman–Crippen LogP) is 4.33. The van der Waals surface area contributed by atoms with Crippen molar-refractivity contribution < 1.29 is 48.3 Å². The molecule has 12 nitrogen and oxygen atoms in total. The van der Waals surface area contributed by atoms with Gasteiger partial charge in [-0.25, -0.2) is 0 Å². The number of hydrogen-bond acceptors (Lipinski definition) is 8. The van der Waals surface area contributed by atoms with Crippen LogP contribution in [0, 0.1) is 18.8 Å². The number of carbonyl (C=O) groups is 4. The van der Waals surface area contributed by atoms with Crippen LogP contribution in [-0.4, -0.2) is 71.2 Å². The van der Waals surface area contributed by atoms with Crippen LogP contribution in [-0.2, 0) is 38.8 Å². The van der Waals surface area contributed by atoms with Crippen molar-refractivity contribution in [1.29, 1.82) is 0 Å². The number of rotatable bonds is 14. The lowest BCUT2D eigenvalue weighted by Gasteiger charge is -2.24. The van der Waals surface area contributed by atoms with Crippen molar-refractivity contribution in [2.24, 2.45) is 11.8 Å². The molecule has 0 bridgehead atoms. The summed E-state index contributed by atoms with van der Waals surface area (Å²) in [6, 6.07) is 5.36. The minimum Gasteiger partial charge on any atom is -0.493 e. The van der Waals surface area contributed by atoms with E-state index in [-0.39, 0.29) is 30.7 Å². The molecule has 2 aliphatic heterocycles. The molecule has 3 atom stereocenters. The summed E-state index contributed by atoms with van der Waals surface area (Å²) in [5.74, 6) is -1.68. The van der Waals surface area contributed by atoms with Crippen LogP contribution >= 0.6 is 0 Å². The Hall–Kier alpha value is -4.48. The largest absolute Gasteiger partial charge is 0.493 e. The van der Waals surface area contributed by atoms with E-state index in [0.29, 0.717) is 62.3 Å². The summed E-state index contributed by atoms with van der Waals surface area (Å²) in [5.41, 5.74) is 4.66. The zero-order valence-corrected chi connectivity index (χ0v) is 26.7. The van der Waals surface area contributed by atoms with Gasteiger partial charge in [-0.3, -0.25) is 19.2 Å². The van der Waals surface area contributed by atoms with E-state index < -0.39 is 23.8 Å². The standard InChI is InChI=1S/C33H42N2O10/c1-18(32(38)39)10-28(36)34-15-22-12-25(42-5)26(13-23(22)16-34)44-8-7-9-45-31-20(3)30-21(4)35(17-24(30)14-27(31)43-6)29(37)11-19(2)33(40)41/h12-14,18-19,21H,7-11,15-17H2,1-6H3,(H,38,39)(H,40,41)/t18-,19-,21?/m0/s1. The third-order valence-electron chi connectivity index (χ3n) is 8.54. The number of benzene rings is 2. The zero-order valence-electron chi connectivity index (χ0n) is 26.7. The van der Waals surface area contributed by atoms with Crippen molar-refractivity contribution in [3.63, 3.8) is 0 Å². The van der Waals surface area contributed by atoms with Gasteiger partial charge in [-0.05, 0) is 54.3 Å². The first kappa shape index (κ1) is 33.4. The summed E-state index contributed by atoms with van der Waals surface area (Å²) in [4.78, 5) is 51.3. The topological polar surface area (TPSA) is 152 Å². The average molecular weight is 627 g/mol. The fourth-order valence-electron chi connectivity index (χ4n) is 5.89. The summed E-state index contributed by atoms with van der Waals surface area (Å²) in [5, 5.41) is 18.4. The molecular formula is C33H42N2O10. The highest BCUT2D eigenvalue weighted by Gasteiger charge is 2.35. The lowest BCUT2D eigenvalue weighted by atomic mass is 9.98. The van der Waals surface area contributed by atoms with E-state index in [1.807, 2.05) is 32.0 Å². The van der Waals surface area contributed by atoms with E-state index in [9.17, 15) is 24.3 Å². The van der Waals surface area contributed by atoms with Gasteiger partial charge in [0.15, 0.2) is 23.0 Å². The van der Waals surface area contributed by atoms with E-state index in [0.717, 1.165) is 27.8 Å². The Bertz CT molecular complexity index is 1470. The number of carboxylic acids is 2. The molecule has 45 heavy (non-hydrogen) atoms. The summed E-state index contributed by atoms with van der Waals surface area (Å²) in [6.07, 6.45) is 0.426. The Kier molecular flexibility index (Phi) is 10.5. The smallest absolute Gasteiger partial charge is 0.306 e. The van der Waals surface area contributed by atoms with E-state index >= 15 is 0 Å². The lowest BCUT2D eigenvalue weighted by molar-refractivity contribution is -0.146. The van der Waals surface area contributed by atoms with Crippen molar-refractivity contribution in [2.45, 2.75) is 72.6 Å². The van der Waals surface area contributed by atoms with Gasteiger partial charge in [-0.2, -0.15) is 0 Å². The van der Waals surface area contributed by atoms with Crippen LogP contribution in [0.15, 0.2) is 18.2 Å². The monoisotopic (exact) mass is 626 g/mol. The van der Waals surface area contributed by atoms with Crippen molar-refractivity contribution in [3.8, 4) is 23.0 Å². The number of carbonyl (C=O) groups excluding carboxylic acids is 2. The molecule has 244 valence electrons. The van der Waals surface area contributed by atoms with E-state index in [1.165, 1.54) is 13.8 Å². The SMILES string of the molecule is COc1cc2c(cc1OCCCOc1c(OC)cc3c(c1C)C(C)N(C(=O)C[C@H](C)C(=O)O)C3)CN(C(=O)C[C@H](C)C(=O)O)C2. The van der Waals surface area contributed by atoms with Gasteiger partial charge in [-0.15, -0.1) is 0 Å². The highest BCUT2D eigenvalue weighted by molar-refractivity contribution is 5.83. The maximum absolute atomic E-state index is 12.9. The zero-order chi connectivity index (χ0) is 33.0. The Morgan fingerprint density at radius 2 is 1.33 bits per heavy atom. The van der Waals surface area contributed by atoms with Gasteiger partial charge >= 0.3 is 11.9 Å². The Morgan fingerprint density at radius 3 is 1.91 bits per heavy atom. The third-order valence-corrected chi connectivity index (χ3v) is 8.54. The molecule has 0 aromatic heterocycles. The van der Waals surface area contributed by atoms with Crippen LogP contribution in [0.3, 0.4) is 0 Å². The van der Waals surface area contributed by atoms with Crippen molar-refractivity contribution >= 4 is 23.8 Å². The first-order chi connectivity index (χ1) is 21.4. The number of hydrogen-bond donors (Lipinski definition) is 2. The van der Waals surface area contributed by atoms with Crippen LogP contribution in [0.25, 0.3) is 0 Å².